The summed E-state index contributed by atoms with van der Waals surface area (Å²) in [5.74, 6) is -1.000. The third-order valence-corrected chi connectivity index (χ3v) is 6.63. The second-order valence-electron chi connectivity index (χ2n) is 8.43. The van der Waals surface area contributed by atoms with Gasteiger partial charge in [0.1, 0.15) is 11.4 Å². The van der Waals surface area contributed by atoms with E-state index in [1.165, 1.54) is 6.07 Å². The van der Waals surface area contributed by atoms with Crippen molar-refractivity contribution in [1.82, 2.24) is 14.8 Å². The average molecular weight is 411 g/mol. The smallest absolute Gasteiger partial charge is 0.323 e. The fourth-order valence-electron chi connectivity index (χ4n) is 4.92. The van der Waals surface area contributed by atoms with Crippen molar-refractivity contribution in [3.8, 4) is 5.69 Å². The lowest BCUT2D eigenvalue weighted by atomic mass is 9.73. The lowest BCUT2D eigenvalue weighted by molar-refractivity contribution is -0.133. The first kappa shape index (κ1) is 20.3. The van der Waals surface area contributed by atoms with Crippen molar-refractivity contribution in [2.75, 3.05) is 6.54 Å². The maximum absolute atomic E-state index is 14.3. The van der Waals surface area contributed by atoms with Crippen LogP contribution in [0.3, 0.4) is 0 Å². The van der Waals surface area contributed by atoms with E-state index in [9.17, 15) is 18.8 Å². The van der Waals surface area contributed by atoms with Crippen LogP contribution in [0.25, 0.3) is 5.69 Å². The monoisotopic (exact) mass is 411 g/mol. The summed E-state index contributed by atoms with van der Waals surface area (Å²) in [6, 6.07) is 7.53. The molecular formula is C23H26FN3O3. The van der Waals surface area contributed by atoms with Gasteiger partial charge in [-0.15, -0.1) is 0 Å². The number of amides is 3. The van der Waals surface area contributed by atoms with Gasteiger partial charge in [-0.25, -0.2) is 9.18 Å². The first-order chi connectivity index (χ1) is 14.3. The van der Waals surface area contributed by atoms with Gasteiger partial charge in [0.25, 0.3) is 5.91 Å². The van der Waals surface area contributed by atoms with Gasteiger partial charge in [0.05, 0.1) is 12.2 Å². The summed E-state index contributed by atoms with van der Waals surface area (Å²) in [5.41, 5.74) is 1.14. The van der Waals surface area contributed by atoms with Gasteiger partial charge in [-0.3, -0.25) is 14.5 Å². The molecule has 2 fully saturated rings. The molecule has 1 N–H and O–H groups in total. The Morgan fingerprint density at radius 3 is 2.67 bits per heavy atom. The molecule has 7 heteroatoms. The van der Waals surface area contributed by atoms with Gasteiger partial charge in [0, 0.05) is 17.0 Å². The molecule has 0 radical (unpaired) electrons. The Kier molecular flexibility index (Phi) is 5.00. The van der Waals surface area contributed by atoms with Gasteiger partial charge in [-0.1, -0.05) is 31.9 Å². The number of para-hydroxylation sites is 1. The standard InChI is InChI=1S/C23H26FN3O3/c1-14-8-6-7-11-23(14)21(29)26(22(30)25-23)13-20(28)17-12-15(2)27(16(17)3)19-10-5-4-9-18(19)24/h4-5,9-10,12,14H,6-8,11,13H2,1-3H3,(H,25,30). The van der Waals surface area contributed by atoms with Gasteiger partial charge >= 0.3 is 6.03 Å². The molecular weight excluding hydrogens is 385 g/mol. The highest BCUT2D eigenvalue weighted by molar-refractivity contribution is 6.11. The highest BCUT2D eigenvalue weighted by Crippen LogP contribution is 2.38. The van der Waals surface area contributed by atoms with Crippen LogP contribution in [-0.2, 0) is 4.79 Å². The van der Waals surface area contributed by atoms with Gasteiger partial charge in [-0.05, 0) is 50.8 Å². The number of hydrogen-bond donors (Lipinski definition) is 1. The molecule has 0 bridgehead atoms. The SMILES string of the molecule is Cc1cc(C(=O)CN2C(=O)NC3(CCCCC3C)C2=O)c(C)n1-c1ccccc1F. The molecule has 2 aliphatic rings. The number of imide groups is 1. The fourth-order valence-corrected chi connectivity index (χ4v) is 4.92. The van der Waals surface area contributed by atoms with Crippen LogP contribution in [0.4, 0.5) is 9.18 Å². The number of ketones is 1. The lowest BCUT2D eigenvalue weighted by Crippen LogP contribution is -2.54. The highest BCUT2D eigenvalue weighted by atomic mass is 19.1. The summed E-state index contributed by atoms with van der Waals surface area (Å²) in [5, 5.41) is 2.87. The van der Waals surface area contributed by atoms with Crippen molar-refractivity contribution in [2.24, 2.45) is 5.92 Å². The number of urea groups is 1. The molecule has 2 atom stereocenters. The van der Waals surface area contributed by atoms with Gasteiger partial charge in [-0.2, -0.15) is 0 Å². The number of aryl methyl sites for hydroxylation is 1. The van der Waals surface area contributed by atoms with Crippen molar-refractivity contribution >= 4 is 17.7 Å². The summed E-state index contributed by atoms with van der Waals surface area (Å²) in [7, 11) is 0. The van der Waals surface area contributed by atoms with Crippen molar-refractivity contribution in [1.29, 1.82) is 0 Å². The van der Waals surface area contributed by atoms with Gasteiger partial charge in [0.15, 0.2) is 5.78 Å². The molecule has 1 aliphatic heterocycles. The van der Waals surface area contributed by atoms with E-state index in [1.807, 2.05) is 6.92 Å². The van der Waals surface area contributed by atoms with E-state index >= 15 is 0 Å². The molecule has 158 valence electrons. The predicted octanol–water partition coefficient (Wildman–Crippen LogP) is 3.92. The number of Topliss-reactive ketones (excluding diaryl/α,β-unsaturated/α-hetero) is 1. The van der Waals surface area contributed by atoms with E-state index in [4.69, 9.17) is 0 Å². The minimum absolute atomic E-state index is 0.0360. The molecule has 1 saturated carbocycles. The summed E-state index contributed by atoms with van der Waals surface area (Å²) in [4.78, 5) is 39.8. The molecule has 6 nitrogen and oxygen atoms in total. The van der Waals surface area contributed by atoms with Crippen molar-refractivity contribution in [3.05, 3.63) is 53.1 Å². The number of aromatic nitrogens is 1. The van der Waals surface area contributed by atoms with E-state index in [1.54, 1.807) is 42.7 Å². The molecule has 1 aromatic carbocycles. The Balaban J connectivity index is 1.61. The molecule has 2 unspecified atom stereocenters. The highest BCUT2D eigenvalue weighted by Gasteiger charge is 2.55. The molecule has 30 heavy (non-hydrogen) atoms. The maximum atomic E-state index is 14.3. The van der Waals surface area contributed by atoms with Crippen LogP contribution in [0.5, 0.6) is 0 Å². The fraction of sp³-hybridized carbons (Fsp3) is 0.435. The maximum Gasteiger partial charge on any atom is 0.325 e. The number of carbonyl (C=O) groups is 3. The number of rotatable bonds is 4. The predicted molar refractivity (Wildman–Crippen MR) is 110 cm³/mol. The molecule has 1 aliphatic carbocycles. The zero-order valence-corrected chi connectivity index (χ0v) is 17.5. The Hall–Kier alpha value is -2.96. The Bertz CT molecular complexity index is 1040. The second-order valence-corrected chi connectivity index (χ2v) is 8.43. The molecule has 3 amide bonds. The largest absolute Gasteiger partial charge is 0.325 e. The zero-order chi connectivity index (χ0) is 21.6. The number of halogens is 1. The number of nitrogens with one attached hydrogen (secondary N) is 1. The van der Waals surface area contributed by atoms with Crippen molar-refractivity contribution in [2.45, 2.75) is 52.0 Å². The molecule has 4 rings (SSSR count). The lowest BCUT2D eigenvalue weighted by Gasteiger charge is -2.36. The van der Waals surface area contributed by atoms with Crippen molar-refractivity contribution in [3.63, 3.8) is 0 Å². The molecule has 2 heterocycles. The van der Waals surface area contributed by atoms with Gasteiger partial charge in [0.2, 0.25) is 0 Å². The van der Waals surface area contributed by atoms with E-state index < -0.39 is 11.6 Å². The number of hydrogen-bond acceptors (Lipinski definition) is 3. The second kappa shape index (κ2) is 7.38. The first-order valence-corrected chi connectivity index (χ1v) is 10.4. The number of nitrogens with zero attached hydrogens (tertiary/aromatic N) is 2. The van der Waals surface area contributed by atoms with E-state index in [0.29, 0.717) is 29.1 Å². The van der Waals surface area contributed by atoms with E-state index in [0.717, 1.165) is 24.2 Å². The van der Waals surface area contributed by atoms with Gasteiger partial charge < -0.3 is 9.88 Å². The Morgan fingerprint density at radius 1 is 1.23 bits per heavy atom. The van der Waals surface area contributed by atoms with Crippen LogP contribution in [0.15, 0.2) is 30.3 Å². The molecule has 1 saturated heterocycles. The van der Waals surface area contributed by atoms with Crippen LogP contribution in [0, 0.1) is 25.6 Å². The first-order valence-electron chi connectivity index (χ1n) is 10.4. The normalized spacial score (nSPS) is 23.9. The third kappa shape index (κ3) is 3.04. The molecule has 1 aromatic heterocycles. The third-order valence-electron chi connectivity index (χ3n) is 6.63. The summed E-state index contributed by atoms with van der Waals surface area (Å²) in [6.07, 6.45) is 3.39. The average Bonchev–Trinajstić information content (AvgIpc) is 3.13. The number of benzene rings is 1. The quantitative estimate of drug-likeness (QED) is 0.612. The van der Waals surface area contributed by atoms with Crippen LogP contribution in [-0.4, -0.2) is 39.3 Å². The number of carbonyl (C=O) groups excluding carboxylic acids is 3. The summed E-state index contributed by atoms with van der Waals surface area (Å²) in [6.45, 7) is 5.19. The zero-order valence-electron chi connectivity index (χ0n) is 17.5. The van der Waals surface area contributed by atoms with E-state index in [-0.39, 0.29) is 30.0 Å². The van der Waals surface area contributed by atoms with Crippen LogP contribution in [0.1, 0.15) is 54.4 Å². The minimum atomic E-state index is -0.889. The Morgan fingerprint density at radius 2 is 1.97 bits per heavy atom. The molecule has 1 spiro atoms. The topological polar surface area (TPSA) is 71.4 Å². The molecule has 2 aromatic rings. The van der Waals surface area contributed by atoms with Crippen LogP contribution < -0.4 is 5.32 Å². The van der Waals surface area contributed by atoms with E-state index in [2.05, 4.69) is 5.32 Å². The minimum Gasteiger partial charge on any atom is -0.323 e. The van der Waals surface area contributed by atoms with Crippen LogP contribution in [0.2, 0.25) is 0 Å². The van der Waals surface area contributed by atoms with Crippen molar-refractivity contribution < 1.29 is 18.8 Å². The summed E-state index contributed by atoms with van der Waals surface area (Å²) >= 11 is 0. The Labute approximate surface area is 175 Å². The summed E-state index contributed by atoms with van der Waals surface area (Å²) < 4.78 is 16.0. The van der Waals surface area contributed by atoms with Crippen LogP contribution >= 0.6 is 0 Å².